The van der Waals surface area contributed by atoms with Crippen molar-refractivity contribution in [3.63, 3.8) is 0 Å². The number of nitrogens with one attached hydrogen (secondary N) is 2. The maximum Gasteiger partial charge on any atom is 0.190 e. The molecular formula is C27H41N5. The smallest absolute Gasteiger partial charge is 0.190 e. The molecule has 32 heavy (non-hydrogen) atoms. The van der Waals surface area contributed by atoms with Gasteiger partial charge in [-0.15, -0.1) is 0 Å². The van der Waals surface area contributed by atoms with Gasteiger partial charge in [0.25, 0.3) is 0 Å². The van der Waals surface area contributed by atoms with Crippen LogP contribution in [0.3, 0.4) is 0 Å². The second-order valence-electron chi connectivity index (χ2n) is 8.66. The molecule has 0 spiro atoms. The summed E-state index contributed by atoms with van der Waals surface area (Å²) in [7, 11) is 1.86. The third kappa shape index (κ3) is 8.29. The molecule has 5 nitrogen and oxygen atoms in total. The van der Waals surface area contributed by atoms with E-state index in [0.717, 1.165) is 25.5 Å². The number of benzene rings is 2. The van der Waals surface area contributed by atoms with Gasteiger partial charge in [-0.2, -0.15) is 0 Å². The van der Waals surface area contributed by atoms with Crippen molar-refractivity contribution in [3.8, 4) is 0 Å². The molecular weight excluding hydrogens is 394 g/mol. The molecule has 0 amide bonds. The standard InChI is InChI=1S/C27H41N5/c1-3-31-18-20-32(21-19-31)17-11-10-16-29-27(28-2)30-23-26(25-14-8-5-9-15-25)22-24-12-6-4-7-13-24/h4-9,12-15,26H,3,10-11,16-23H2,1-2H3,(H2,28,29,30). The minimum Gasteiger partial charge on any atom is -0.356 e. The zero-order chi connectivity index (χ0) is 22.4. The van der Waals surface area contributed by atoms with E-state index in [-0.39, 0.29) is 0 Å². The van der Waals surface area contributed by atoms with Crippen LogP contribution in [0.4, 0.5) is 0 Å². The Labute approximate surface area is 194 Å². The predicted molar refractivity (Wildman–Crippen MR) is 136 cm³/mol. The van der Waals surface area contributed by atoms with Gasteiger partial charge in [-0.1, -0.05) is 67.6 Å². The van der Waals surface area contributed by atoms with Crippen molar-refractivity contribution in [3.05, 3.63) is 71.8 Å². The van der Waals surface area contributed by atoms with Crippen molar-refractivity contribution in [2.45, 2.75) is 32.1 Å². The molecule has 1 aliphatic heterocycles. The van der Waals surface area contributed by atoms with E-state index in [9.17, 15) is 0 Å². The summed E-state index contributed by atoms with van der Waals surface area (Å²) >= 11 is 0. The summed E-state index contributed by atoms with van der Waals surface area (Å²) in [5.74, 6) is 1.30. The average molecular weight is 436 g/mol. The van der Waals surface area contributed by atoms with Gasteiger partial charge in [-0.3, -0.25) is 4.99 Å². The largest absolute Gasteiger partial charge is 0.356 e. The third-order valence-corrected chi connectivity index (χ3v) is 6.44. The Bertz CT molecular complexity index is 769. The van der Waals surface area contributed by atoms with Crippen LogP contribution in [0.1, 0.15) is 36.8 Å². The molecule has 5 heteroatoms. The summed E-state index contributed by atoms with van der Waals surface area (Å²) in [6, 6.07) is 21.5. The first-order chi connectivity index (χ1) is 15.8. The molecule has 174 valence electrons. The molecule has 1 heterocycles. The molecule has 3 rings (SSSR count). The lowest BCUT2D eigenvalue weighted by Gasteiger charge is -2.34. The number of hydrogen-bond donors (Lipinski definition) is 2. The van der Waals surface area contributed by atoms with Crippen LogP contribution in [0.5, 0.6) is 0 Å². The van der Waals surface area contributed by atoms with Gasteiger partial charge < -0.3 is 20.4 Å². The quantitative estimate of drug-likeness (QED) is 0.322. The van der Waals surface area contributed by atoms with Crippen LogP contribution in [-0.4, -0.2) is 75.2 Å². The molecule has 1 atom stereocenters. The Balaban J connectivity index is 1.39. The van der Waals surface area contributed by atoms with Crippen molar-refractivity contribution in [2.24, 2.45) is 4.99 Å². The summed E-state index contributed by atoms with van der Waals surface area (Å²) in [4.78, 5) is 9.58. The summed E-state index contributed by atoms with van der Waals surface area (Å²) in [6.45, 7) is 11.3. The molecule has 2 aromatic carbocycles. The van der Waals surface area contributed by atoms with E-state index in [0.29, 0.717) is 5.92 Å². The highest BCUT2D eigenvalue weighted by molar-refractivity contribution is 5.79. The highest BCUT2D eigenvalue weighted by Crippen LogP contribution is 2.20. The van der Waals surface area contributed by atoms with Crippen molar-refractivity contribution in [1.82, 2.24) is 20.4 Å². The fourth-order valence-corrected chi connectivity index (χ4v) is 4.37. The molecule has 0 bridgehead atoms. The molecule has 1 unspecified atom stereocenters. The molecule has 1 saturated heterocycles. The van der Waals surface area contributed by atoms with Crippen molar-refractivity contribution >= 4 is 5.96 Å². The van der Waals surface area contributed by atoms with E-state index in [2.05, 4.69) is 93.0 Å². The average Bonchev–Trinajstić information content (AvgIpc) is 2.86. The molecule has 0 aromatic heterocycles. The summed E-state index contributed by atoms with van der Waals surface area (Å²) < 4.78 is 0. The van der Waals surface area contributed by atoms with E-state index in [1.54, 1.807) is 0 Å². The minimum atomic E-state index is 0.402. The zero-order valence-electron chi connectivity index (χ0n) is 20.0. The number of likely N-dealkylation sites (N-methyl/N-ethyl adjacent to an activating group) is 1. The Kier molecular flexibility index (Phi) is 10.6. The highest BCUT2D eigenvalue weighted by Gasteiger charge is 2.15. The maximum absolute atomic E-state index is 4.44. The Morgan fingerprint density at radius 2 is 1.53 bits per heavy atom. The minimum absolute atomic E-state index is 0.402. The first kappa shape index (κ1) is 24.3. The number of hydrogen-bond acceptors (Lipinski definition) is 3. The van der Waals surface area contributed by atoms with Gasteiger partial charge >= 0.3 is 0 Å². The highest BCUT2D eigenvalue weighted by atomic mass is 15.3. The van der Waals surface area contributed by atoms with Crippen LogP contribution in [0.25, 0.3) is 0 Å². The number of aliphatic imine (C=N–C) groups is 1. The second-order valence-corrected chi connectivity index (χ2v) is 8.66. The summed E-state index contributed by atoms with van der Waals surface area (Å²) in [5, 5.41) is 7.07. The van der Waals surface area contributed by atoms with Crippen LogP contribution in [0, 0.1) is 0 Å². The molecule has 2 N–H and O–H groups in total. The van der Waals surface area contributed by atoms with Gasteiger partial charge in [0.2, 0.25) is 0 Å². The van der Waals surface area contributed by atoms with Gasteiger partial charge in [0.1, 0.15) is 0 Å². The SMILES string of the molecule is CCN1CCN(CCCCNC(=NC)NCC(Cc2ccccc2)c2ccccc2)CC1. The van der Waals surface area contributed by atoms with Gasteiger partial charge in [0.05, 0.1) is 0 Å². The van der Waals surface area contributed by atoms with Gasteiger partial charge in [0.15, 0.2) is 5.96 Å². The fourth-order valence-electron chi connectivity index (χ4n) is 4.37. The van der Waals surface area contributed by atoms with Crippen LogP contribution < -0.4 is 10.6 Å². The number of guanidine groups is 1. The van der Waals surface area contributed by atoms with E-state index < -0.39 is 0 Å². The van der Waals surface area contributed by atoms with Crippen molar-refractivity contribution in [1.29, 1.82) is 0 Å². The summed E-state index contributed by atoms with van der Waals surface area (Å²) in [6.07, 6.45) is 3.41. The lowest BCUT2D eigenvalue weighted by atomic mass is 9.92. The normalized spacial score (nSPS) is 16.6. The summed E-state index contributed by atoms with van der Waals surface area (Å²) in [5.41, 5.74) is 2.73. The number of nitrogens with zero attached hydrogens (tertiary/aromatic N) is 3. The Morgan fingerprint density at radius 1 is 0.875 bits per heavy atom. The van der Waals surface area contributed by atoms with E-state index >= 15 is 0 Å². The maximum atomic E-state index is 4.44. The first-order valence-electron chi connectivity index (χ1n) is 12.3. The number of rotatable bonds is 11. The molecule has 0 aliphatic carbocycles. The lowest BCUT2D eigenvalue weighted by Crippen LogP contribution is -2.46. The van der Waals surface area contributed by atoms with E-state index in [1.807, 2.05) is 7.05 Å². The number of unbranched alkanes of at least 4 members (excludes halogenated alkanes) is 1. The number of piperazine rings is 1. The topological polar surface area (TPSA) is 42.9 Å². The third-order valence-electron chi connectivity index (χ3n) is 6.44. The van der Waals surface area contributed by atoms with E-state index in [1.165, 1.54) is 63.2 Å². The molecule has 0 radical (unpaired) electrons. The van der Waals surface area contributed by atoms with Crippen LogP contribution in [0.15, 0.2) is 65.7 Å². The Hall–Kier alpha value is -2.37. The van der Waals surface area contributed by atoms with Crippen LogP contribution >= 0.6 is 0 Å². The molecule has 1 aliphatic rings. The second kappa shape index (κ2) is 13.9. The fraction of sp³-hybridized carbons (Fsp3) is 0.519. The van der Waals surface area contributed by atoms with Crippen LogP contribution in [0.2, 0.25) is 0 Å². The van der Waals surface area contributed by atoms with Gasteiger partial charge in [-0.25, -0.2) is 0 Å². The Morgan fingerprint density at radius 3 is 2.19 bits per heavy atom. The molecule has 2 aromatic rings. The monoisotopic (exact) mass is 435 g/mol. The zero-order valence-corrected chi connectivity index (χ0v) is 20.0. The van der Waals surface area contributed by atoms with Crippen LogP contribution in [-0.2, 0) is 6.42 Å². The molecule has 1 fully saturated rings. The van der Waals surface area contributed by atoms with Crippen molar-refractivity contribution in [2.75, 3.05) is 59.4 Å². The first-order valence-corrected chi connectivity index (χ1v) is 12.3. The lowest BCUT2D eigenvalue weighted by molar-refractivity contribution is 0.136. The van der Waals surface area contributed by atoms with Crippen molar-refractivity contribution < 1.29 is 0 Å². The predicted octanol–water partition coefficient (Wildman–Crippen LogP) is 3.60. The molecule has 0 saturated carbocycles. The van der Waals surface area contributed by atoms with E-state index in [4.69, 9.17) is 0 Å². The van der Waals surface area contributed by atoms with Gasteiger partial charge in [-0.05, 0) is 43.5 Å². The van der Waals surface area contributed by atoms with Gasteiger partial charge in [0, 0.05) is 52.2 Å².